The number of nitrogens with one attached hydrogen (secondary N) is 2. The fraction of sp³-hybridized carbons (Fsp3) is 0.462. The van der Waals surface area contributed by atoms with Gasteiger partial charge in [-0.1, -0.05) is 12.5 Å². The first-order valence-electron chi connectivity index (χ1n) is 18.5. The van der Waals surface area contributed by atoms with Gasteiger partial charge in [-0.3, -0.25) is 9.59 Å². The molecule has 1 saturated heterocycles. The molecule has 17 heteroatoms. The predicted molar refractivity (Wildman–Crippen MR) is 196 cm³/mol. The van der Waals surface area contributed by atoms with Gasteiger partial charge in [0.2, 0.25) is 11.8 Å². The molecule has 2 amide bonds. The number of esters is 1. The second kappa shape index (κ2) is 17.5. The second-order valence-corrected chi connectivity index (χ2v) is 14.2. The lowest BCUT2D eigenvalue weighted by Gasteiger charge is -2.40. The molecule has 56 heavy (non-hydrogen) atoms. The van der Waals surface area contributed by atoms with Gasteiger partial charge in [0, 0.05) is 54.9 Å². The van der Waals surface area contributed by atoms with Crippen molar-refractivity contribution < 1.29 is 64.0 Å². The summed E-state index contributed by atoms with van der Waals surface area (Å²) in [5, 5.41) is 65.5. The number of benzene rings is 3. The molecule has 1 fully saturated rings. The number of phenolic OH excluding ortho intramolecular Hbond substituents is 2. The van der Waals surface area contributed by atoms with Crippen LogP contribution in [-0.2, 0) is 35.9 Å². The third kappa shape index (κ3) is 8.45. The number of rotatable bonds is 16. The van der Waals surface area contributed by atoms with Crippen molar-refractivity contribution in [3.63, 3.8) is 0 Å². The SMILES string of the molecule is NC[C@@H](CC[C@H](N)C(=O)NCCCCCC(=O)NCc1ccc2c(c1)C1(OC2=O)c2ccc(O)cc2Oc2cc(O)ccc21)O[C@@H]1O[C@H](CO)[C@H](O)[C@H](O)[C@H]1O. The molecule has 1 spiro atoms. The van der Waals surface area contributed by atoms with Crippen molar-refractivity contribution in [1.29, 1.82) is 0 Å². The molecule has 3 heterocycles. The summed E-state index contributed by atoms with van der Waals surface area (Å²) in [7, 11) is 0. The maximum absolute atomic E-state index is 13.2. The summed E-state index contributed by atoms with van der Waals surface area (Å²) in [4.78, 5) is 38.5. The molecule has 0 aliphatic carbocycles. The number of nitrogens with two attached hydrogens (primary N) is 2. The number of amides is 2. The van der Waals surface area contributed by atoms with E-state index in [2.05, 4.69) is 10.6 Å². The van der Waals surface area contributed by atoms with E-state index in [1.165, 1.54) is 24.3 Å². The van der Waals surface area contributed by atoms with E-state index in [0.717, 1.165) is 5.56 Å². The number of hydrogen-bond donors (Lipinski definition) is 10. The molecule has 0 saturated carbocycles. The number of phenols is 2. The average Bonchev–Trinajstić information content (AvgIpc) is 3.47. The van der Waals surface area contributed by atoms with E-state index >= 15 is 0 Å². The van der Waals surface area contributed by atoms with Crippen LogP contribution in [-0.4, -0.2) is 111 Å². The van der Waals surface area contributed by atoms with Gasteiger partial charge in [0.05, 0.1) is 24.3 Å². The molecule has 17 nitrogen and oxygen atoms in total. The fourth-order valence-electron chi connectivity index (χ4n) is 7.18. The first kappa shape index (κ1) is 40.8. The molecule has 6 rings (SSSR count). The highest BCUT2D eigenvalue weighted by atomic mass is 16.7. The quantitative estimate of drug-likeness (QED) is 0.0687. The molecule has 0 radical (unpaired) electrons. The van der Waals surface area contributed by atoms with E-state index in [1.807, 2.05) is 0 Å². The van der Waals surface area contributed by atoms with Gasteiger partial charge in [-0.25, -0.2) is 4.79 Å². The van der Waals surface area contributed by atoms with Crippen molar-refractivity contribution in [3.8, 4) is 23.0 Å². The minimum absolute atomic E-state index is 0.000314. The maximum atomic E-state index is 13.2. The van der Waals surface area contributed by atoms with Crippen LogP contribution < -0.4 is 26.8 Å². The predicted octanol–water partition coefficient (Wildman–Crippen LogP) is 0.210. The normalized spacial score (nSPS) is 22.9. The smallest absolute Gasteiger partial charge is 0.340 e. The number of ether oxygens (including phenoxy) is 4. The minimum Gasteiger partial charge on any atom is -0.508 e. The number of aliphatic hydroxyl groups excluding tert-OH is 4. The van der Waals surface area contributed by atoms with Gasteiger partial charge in [0.15, 0.2) is 11.9 Å². The van der Waals surface area contributed by atoms with Crippen LogP contribution in [0.4, 0.5) is 0 Å². The lowest BCUT2D eigenvalue weighted by atomic mass is 9.77. The molecule has 0 unspecified atom stereocenters. The number of unbranched alkanes of at least 4 members (excludes halogenated alkanes) is 2. The third-order valence-electron chi connectivity index (χ3n) is 10.3. The standard InChI is InChI=1S/C39H48N4O13/c40-17-23(53-38-35(50)34(49)33(48)31(19-44)55-38)8-12-28(41)36(51)42-13-3-1-2-4-32(47)43-18-20-5-9-24-27(14-20)39(56-37(24)52)25-10-6-21(45)15-29(25)54-30-16-22(46)7-11-26(30)39/h5-7,9-11,14-16,23,28,31,33-35,38,44-46,48-50H,1-4,8,12-13,17-19,40-41H2,(H,42,51)(H,43,47)/t23-,28+,31-,33+,34+,35-,38-/m1/s1. The van der Waals surface area contributed by atoms with Crippen LogP contribution in [0, 0.1) is 0 Å². The Hall–Kier alpha value is -4.85. The Morgan fingerprint density at radius 2 is 1.55 bits per heavy atom. The molecule has 7 atom stereocenters. The highest BCUT2D eigenvalue weighted by molar-refractivity contribution is 5.97. The number of carbonyl (C=O) groups excluding carboxylic acids is 3. The van der Waals surface area contributed by atoms with E-state index in [4.69, 9.17) is 30.4 Å². The van der Waals surface area contributed by atoms with Crippen LogP contribution in [0.2, 0.25) is 0 Å². The van der Waals surface area contributed by atoms with Gasteiger partial charge in [-0.15, -0.1) is 0 Å². The Balaban J connectivity index is 0.939. The molecule has 0 bridgehead atoms. The number of fused-ring (bicyclic) bond motifs is 6. The zero-order valence-electron chi connectivity index (χ0n) is 30.5. The van der Waals surface area contributed by atoms with Gasteiger partial charge in [-0.05, 0) is 67.6 Å². The topological polar surface area (TPSA) is 286 Å². The Morgan fingerprint density at radius 3 is 2.21 bits per heavy atom. The Morgan fingerprint density at radius 1 is 0.857 bits per heavy atom. The second-order valence-electron chi connectivity index (χ2n) is 14.2. The van der Waals surface area contributed by atoms with Crippen molar-refractivity contribution in [3.05, 3.63) is 82.4 Å². The number of aliphatic hydroxyl groups is 4. The molecule has 3 aliphatic rings. The van der Waals surface area contributed by atoms with E-state index in [0.29, 0.717) is 48.1 Å². The van der Waals surface area contributed by atoms with Gasteiger partial charge >= 0.3 is 5.97 Å². The van der Waals surface area contributed by atoms with Crippen LogP contribution in [0.5, 0.6) is 23.0 Å². The van der Waals surface area contributed by atoms with E-state index in [1.54, 1.807) is 30.3 Å². The van der Waals surface area contributed by atoms with Crippen LogP contribution in [0.3, 0.4) is 0 Å². The highest BCUT2D eigenvalue weighted by Gasteiger charge is 2.54. The lowest BCUT2D eigenvalue weighted by molar-refractivity contribution is -0.310. The first-order chi connectivity index (χ1) is 26.9. The zero-order valence-corrected chi connectivity index (χ0v) is 30.5. The van der Waals surface area contributed by atoms with Crippen molar-refractivity contribution in [2.24, 2.45) is 11.5 Å². The molecular weight excluding hydrogens is 732 g/mol. The van der Waals surface area contributed by atoms with E-state index in [9.17, 15) is 45.0 Å². The third-order valence-corrected chi connectivity index (χ3v) is 10.3. The minimum atomic E-state index is -1.59. The molecule has 3 aromatic rings. The van der Waals surface area contributed by atoms with E-state index in [-0.39, 0.29) is 67.2 Å². The summed E-state index contributed by atoms with van der Waals surface area (Å²) in [6, 6.07) is 13.4. The summed E-state index contributed by atoms with van der Waals surface area (Å²) in [6.07, 6.45) is -5.29. The van der Waals surface area contributed by atoms with Crippen molar-refractivity contribution >= 4 is 17.8 Å². The van der Waals surface area contributed by atoms with Gasteiger partial charge in [0.1, 0.15) is 47.4 Å². The van der Waals surface area contributed by atoms with Crippen LogP contribution in [0.25, 0.3) is 0 Å². The number of hydrogen-bond acceptors (Lipinski definition) is 15. The molecule has 12 N–H and O–H groups in total. The molecular formula is C39H48N4O13. The van der Waals surface area contributed by atoms with Crippen molar-refractivity contribution in [2.45, 2.75) is 93.5 Å². The summed E-state index contributed by atoms with van der Waals surface area (Å²) < 4.78 is 23.1. The molecule has 3 aliphatic heterocycles. The van der Waals surface area contributed by atoms with Gasteiger partial charge < -0.3 is 71.7 Å². The summed E-state index contributed by atoms with van der Waals surface area (Å²) in [5.74, 6) is -0.660. The van der Waals surface area contributed by atoms with Crippen LogP contribution >= 0.6 is 0 Å². The first-order valence-corrected chi connectivity index (χ1v) is 18.5. The summed E-state index contributed by atoms with van der Waals surface area (Å²) in [5.41, 5.74) is 13.0. The largest absolute Gasteiger partial charge is 0.508 e. The molecule has 3 aromatic carbocycles. The van der Waals surface area contributed by atoms with Crippen molar-refractivity contribution in [1.82, 2.24) is 10.6 Å². The average molecular weight is 781 g/mol. The Bertz CT molecular complexity index is 1860. The molecule has 0 aromatic heterocycles. The Labute approximate surface area is 322 Å². The number of carbonyl (C=O) groups is 3. The molecule has 302 valence electrons. The zero-order chi connectivity index (χ0) is 40.1. The summed E-state index contributed by atoms with van der Waals surface area (Å²) in [6.45, 7) is -0.0599. The Kier molecular flexibility index (Phi) is 12.8. The van der Waals surface area contributed by atoms with Crippen LogP contribution in [0.15, 0.2) is 54.6 Å². The maximum Gasteiger partial charge on any atom is 0.340 e. The van der Waals surface area contributed by atoms with Crippen LogP contribution in [0.1, 0.15) is 71.1 Å². The van der Waals surface area contributed by atoms with Gasteiger partial charge in [0.25, 0.3) is 0 Å². The lowest BCUT2D eigenvalue weighted by Crippen LogP contribution is -2.60. The number of aromatic hydroxyl groups is 2. The monoisotopic (exact) mass is 780 g/mol. The van der Waals surface area contributed by atoms with Crippen molar-refractivity contribution in [2.75, 3.05) is 19.7 Å². The fourth-order valence-corrected chi connectivity index (χ4v) is 7.18. The summed E-state index contributed by atoms with van der Waals surface area (Å²) >= 11 is 0. The van der Waals surface area contributed by atoms with E-state index < -0.39 is 61.0 Å². The van der Waals surface area contributed by atoms with Gasteiger partial charge in [-0.2, -0.15) is 0 Å². The highest BCUT2D eigenvalue weighted by Crippen LogP contribution is 2.57.